The Kier molecular flexibility index (Phi) is 5.14. The van der Waals surface area contributed by atoms with Crippen LogP contribution < -0.4 is 14.2 Å². The van der Waals surface area contributed by atoms with E-state index in [1.54, 1.807) is 23.1 Å². The molecule has 2 fully saturated rings. The molecule has 0 saturated carbocycles. The third kappa shape index (κ3) is 3.72. The fourth-order valence-electron chi connectivity index (χ4n) is 3.63. The van der Waals surface area contributed by atoms with Crippen LogP contribution in [0.5, 0.6) is 17.2 Å². The summed E-state index contributed by atoms with van der Waals surface area (Å²) in [5.41, 5.74) is 0. The van der Waals surface area contributed by atoms with Crippen molar-refractivity contribution in [2.24, 2.45) is 0 Å². The molecule has 8 nitrogen and oxygen atoms in total. The lowest BCUT2D eigenvalue weighted by Crippen LogP contribution is -2.44. The summed E-state index contributed by atoms with van der Waals surface area (Å²) < 4.78 is 21.6. The zero-order valence-electron chi connectivity index (χ0n) is 14.6. The maximum absolute atomic E-state index is 12.5. The lowest BCUT2D eigenvalue weighted by atomic mass is 10.2. The number of hydrogen-bond donors (Lipinski definition) is 1. The first-order chi connectivity index (χ1) is 12.7. The minimum absolute atomic E-state index is 0.0359. The molecule has 142 valence electrons. The van der Waals surface area contributed by atoms with Crippen LogP contribution in [0.3, 0.4) is 0 Å². The van der Waals surface area contributed by atoms with Crippen LogP contribution in [0.4, 0.5) is 0 Å². The number of β-amino-alcohol motifs (C(OH)–C–C–N with tert-alkyl or cyclic N) is 1. The van der Waals surface area contributed by atoms with Crippen LogP contribution in [0.15, 0.2) is 18.2 Å². The highest BCUT2D eigenvalue weighted by Crippen LogP contribution is 2.35. The number of benzene rings is 1. The monoisotopic (exact) mass is 364 g/mol. The summed E-state index contributed by atoms with van der Waals surface area (Å²) in [6.07, 6.45) is 0.410. The zero-order valence-corrected chi connectivity index (χ0v) is 14.6. The molecule has 26 heavy (non-hydrogen) atoms. The zero-order chi connectivity index (χ0) is 17.9. The summed E-state index contributed by atoms with van der Waals surface area (Å²) >= 11 is 0. The van der Waals surface area contributed by atoms with E-state index in [9.17, 15) is 9.90 Å². The lowest BCUT2D eigenvalue weighted by Gasteiger charge is -2.28. The molecule has 8 heteroatoms. The Bertz CT molecular complexity index is 647. The third-order valence-corrected chi connectivity index (χ3v) is 5.04. The van der Waals surface area contributed by atoms with Crippen LogP contribution in [-0.2, 0) is 9.53 Å². The maximum atomic E-state index is 12.5. The molecule has 3 heterocycles. The van der Waals surface area contributed by atoms with E-state index in [2.05, 4.69) is 4.90 Å². The molecular formula is C18H24N2O6. The van der Waals surface area contributed by atoms with Crippen molar-refractivity contribution in [3.63, 3.8) is 0 Å². The minimum atomic E-state index is -0.539. The van der Waals surface area contributed by atoms with Crippen LogP contribution >= 0.6 is 0 Å². The summed E-state index contributed by atoms with van der Waals surface area (Å²) in [5.74, 6) is 1.73. The fraction of sp³-hybridized carbons (Fsp3) is 0.611. The molecule has 2 atom stereocenters. The number of ether oxygens (including phenoxy) is 4. The van der Waals surface area contributed by atoms with Gasteiger partial charge in [0.05, 0.1) is 18.8 Å². The van der Waals surface area contributed by atoms with Gasteiger partial charge in [0.25, 0.3) is 5.91 Å². The first-order valence-electron chi connectivity index (χ1n) is 9.01. The van der Waals surface area contributed by atoms with Crippen molar-refractivity contribution in [1.82, 2.24) is 9.80 Å². The molecule has 1 aromatic rings. The van der Waals surface area contributed by atoms with Crippen molar-refractivity contribution in [3.8, 4) is 17.2 Å². The van der Waals surface area contributed by atoms with E-state index in [0.29, 0.717) is 36.9 Å². The van der Waals surface area contributed by atoms with Crippen LogP contribution in [0.25, 0.3) is 0 Å². The number of nitrogens with zero attached hydrogens (tertiary/aromatic N) is 2. The Morgan fingerprint density at radius 2 is 2.08 bits per heavy atom. The van der Waals surface area contributed by atoms with Crippen molar-refractivity contribution in [1.29, 1.82) is 0 Å². The van der Waals surface area contributed by atoms with Crippen molar-refractivity contribution < 1.29 is 28.8 Å². The first kappa shape index (κ1) is 17.4. The number of aliphatic hydroxyl groups excluding tert-OH is 1. The van der Waals surface area contributed by atoms with E-state index >= 15 is 0 Å². The molecule has 3 aliphatic rings. The summed E-state index contributed by atoms with van der Waals surface area (Å²) in [6, 6.07) is 5.19. The van der Waals surface area contributed by atoms with Gasteiger partial charge in [-0.2, -0.15) is 0 Å². The van der Waals surface area contributed by atoms with Crippen LogP contribution in [-0.4, -0.2) is 85.8 Å². The normalized spacial score (nSPS) is 26.0. The van der Waals surface area contributed by atoms with Gasteiger partial charge in [0.2, 0.25) is 6.79 Å². The van der Waals surface area contributed by atoms with Gasteiger partial charge in [-0.1, -0.05) is 0 Å². The molecule has 1 amide bonds. The van der Waals surface area contributed by atoms with Crippen molar-refractivity contribution >= 4 is 5.91 Å². The SMILES string of the molecule is O=C(COc1ccc2c(c1)OCO2)N1C[C@@H](O)[C@H](N2CCCOCC2)C1. The highest BCUT2D eigenvalue weighted by Gasteiger charge is 2.37. The second-order valence-corrected chi connectivity index (χ2v) is 6.74. The van der Waals surface area contributed by atoms with Crippen LogP contribution in [0.1, 0.15) is 6.42 Å². The number of aliphatic hydroxyl groups is 1. The predicted molar refractivity (Wildman–Crippen MR) is 91.4 cm³/mol. The van der Waals surface area contributed by atoms with Gasteiger partial charge in [-0.25, -0.2) is 0 Å². The largest absolute Gasteiger partial charge is 0.484 e. The molecule has 3 aliphatic heterocycles. The number of carbonyl (C=O) groups excluding carboxylic acids is 1. The number of hydrogen-bond acceptors (Lipinski definition) is 7. The smallest absolute Gasteiger partial charge is 0.260 e. The van der Waals surface area contributed by atoms with Gasteiger partial charge in [-0.15, -0.1) is 0 Å². The average Bonchev–Trinajstić information content (AvgIpc) is 3.17. The highest BCUT2D eigenvalue weighted by molar-refractivity contribution is 5.78. The summed E-state index contributed by atoms with van der Waals surface area (Å²) in [5, 5.41) is 10.4. The molecule has 4 rings (SSSR count). The minimum Gasteiger partial charge on any atom is -0.484 e. The topological polar surface area (TPSA) is 80.7 Å². The Balaban J connectivity index is 1.31. The quantitative estimate of drug-likeness (QED) is 0.811. The van der Waals surface area contributed by atoms with Gasteiger partial charge in [0.15, 0.2) is 18.1 Å². The van der Waals surface area contributed by atoms with Gasteiger partial charge in [-0.3, -0.25) is 9.69 Å². The first-order valence-corrected chi connectivity index (χ1v) is 9.01. The summed E-state index contributed by atoms with van der Waals surface area (Å²) in [7, 11) is 0. The van der Waals surface area contributed by atoms with Gasteiger partial charge >= 0.3 is 0 Å². The molecule has 0 aromatic heterocycles. The number of carbonyl (C=O) groups is 1. The van der Waals surface area contributed by atoms with E-state index < -0.39 is 6.10 Å². The van der Waals surface area contributed by atoms with E-state index in [0.717, 1.165) is 26.1 Å². The number of likely N-dealkylation sites (tertiary alicyclic amines) is 1. The van der Waals surface area contributed by atoms with Crippen LogP contribution in [0.2, 0.25) is 0 Å². The Morgan fingerprint density at radius 1 is 1.19 bits per heavy atom. The van der Waals surface area contributed by atoms with Crippen molar-refractivity contribution in [3.05, 3.63) is 18.2 Å². The lowest BCUT2D eigenvalue weighted by molar-refractivity contribution is -0.132. The predicted octanol–water partition coefficient (Wildman–Crippen LogP) is 0.0881. The van der Waals surface area contributed by atoms with Gasteiger partial charge in [0, 0.05) is 38.9 Å². The highest BCUT2D eigenvalue weighted by atomic mass is 16.7. The second kappa shape index (κ2) is 7.69. The molecule has 0 aliphatic carbocycles. The standard InChI is InChI=1S/C18H24N2O6/c21-15-10-20(9-14(15)19-4-1-6-23-7-5-19)18(22)11-24-13-2-3-16-17(8-13)26-12-25-16/h2-3,8,14-15,21H,1,4-7,9-12H2/t14-,15-/m1/s1. The van der Waals surface area contributed by atoms with Crippen molar-refractivity contribution in [2.75, 3.05) is 52.8 Å². The van der Waals surface area contributed by atoms with Gasteiger partial charge in [-0.05, 0) is 18.6 Å². The van der Waals surface area contributed by atoms with E-state index in [1.807, 2.05) is 0 Å². The Morgan fingerprint density at radius 3 is 3.00 bits per heavy atom. The maximum Gasteiger partial charge on any atom is 0.260 e. The molecule has 1 N–H and O–H groups in total. The van der Waals surface area contributed by atoms with E-state index in [4.69, 9.17) is 18.9 Å². The number of rotatable bonds is 4. The van der Waals surface area contributed by atoms with Gasteiger partial charge in [0.1, 0.15) is 5.75 Å². The molecule has 2 saturated heterocycles. The van der Waals surface area contributed by atoms with Gasteiger partial charge < -0.3 is 29.0 Å². The molecular weight excluding hydrogens is 340 g/mol. The van der Waals surface area contributed by atoms with E-state index in [-0.39, 0.29) is 25.3 Å². The Labute approximate surface area is 152 Å². The molecule has 0 radical (unpaired) electrons. The third-order valence-electron chi connectivity index (χ3n) is 5.04. The molecule has 0 unspecified atom stereocenters. The summed E-state index contributed by atoms with van der Waals surface area (Å²) in [4.78, 5) is 16.4. The van der Waals surface area contributed by atoms with Crippen LogP contribution in [0, 0.1) is 0 Å². The molecule has 1 aromatic carbocycles. The number of amides is 1. The van der Waals surface area contributed by atoms with Crippen molar-refractivity contribution in [2.45, 2.75) is 18.6 Å². The number of fused-ring (bicyclic) bond motifs is 1. The fourth-order valence-corrected chi connectivity index (χ4v) is 3.63. The second-order valence-electron chi connectivity index (χ2n) is 6.74. The Hall–Kier alpha value is -2.03. The summed E-state index contributed by atoms with van der Waals surface area (Å²) in [6.45, 7) is 4.09. The molecule has 0 bridgehead atoms. The molecule has 0 spiro atoms. The van der Waals surface area contributed by atoms with E-state index in [1.165, 1.54) is 0 Å². The average molecular weight is 364 g/mol.